The fraction of sp³-hybridized carbons (Fsp3) is 0.918. The van der Waals surface area contributed by atoms with Crippen molar-refractivity contribution in [3.8, 4) is 0 Å². The average Bonchev–Trinajstić information content (AvgIpc) is 0.756. The Kier molecular flexibility index (Phi) is 44.0. The molecule has 624 valence electrons. The summed E-state index contributed by atoms with van der Waals surface area (Å²) < 4.78 is 59.0. The summed E-state index contributed by atoms with van der Waals surface area (Å²) in [4.78, 5) is 52.0. The lowest BCUT2D eigenvalue weighted by Gasteiger charge is -2.51. The van der Waals surface area contributed by atoms with Gasteiger partial charge in [0.25, 0.3) is 5.79 Å². The minimum Gasteiger partial charge on any atom is -0.477 e. The predicted octanol–water partition coefficient (Wildman–Crippen LogP) is -1.04. The number of amides is 3. The fourth-order valence-electron chi connectivity index (χ4n) is 14.3. The van der Waals surface area contributed by atoms with Gasteiger partial charge >= 0.3 is 5.97 Å². The molecule has 5 rings (SSSR count). The Hall–Kier alpha value is -3.42. The molecular formula is C73H131N3O31. The Morgan fingerprint density at radius 3 is 1.38 bits per heavy atom. The highest BCUT2D eigenvalue weighted by Crippen LogP contribution is 2.40. The minimum atomic E-state index is -3.22. The first kappa shape index (κ1) is 94.2. The van der Waals surface area contributed by atoms with Gasteiger partial charge in [0.2, 0.25) is 17.7 Å². The van der Waals surface area contributed by atoms with Gasteiger partial charge in [-0.3, -0.25) is 14.4 Å². The van der Waals surface area contributed by atoms with E-state index in [4.69, 9.17) is 47.4 Å². The molecule has 5 heterocycles. The van der Waals surface area contributed by atoms with Crippen LogP contribution in [0.5, 0.6) is 0 Å². The molecule has 0 aromatic heterocycles. The van der Waals surface area contributed by atoms with E-state index in [-0.39, 0.29) is 12.3 Å². The first-order chi connectivity index (χ1) is 51.3. The molecule has 5 fully saturated rings. The number of allylic oxidation sites excluding steroid dienone is 1. The van der Waals surface area contributed by atoms with Crippen molar-refractivity contribution in [2.75, 3.05) is 39.6 Å². The van der Waals surface area contributed by atoms with E-state index >= 15 is 0 Å². The molecule has 107 heavy (non-hydrogen) atoms. The van der Waals surface area contributed by atoms with Crippen molar-refractivity contribution in [1.29, 1.82) is 0 Å². The maximum absolute atomic E-state index is 13.5. The number of rotatable bonds is 52. The molecule has 0 aliphatic carbocycles. The van der Waals surface area contributed by atoms with Crippen LogP contribution >= 0.6 is 0 Å². The SMILES string of the molecule is CCCCCCCCCCCCC/C=C/[C@@H](O)[C@H](CO[C@@H]1OC(CO)[C@@H](O[C@@H]2OC(CO)[C@H](O)[C@H](O[C@@H]3OC(CO)[C@@H](O)[C@H](O[C@@H]4OC(CO)[C@H](O)[C@H](O[C@]5(C(=O)O)CC(O)[C@@H](NC(C)=O)C([C@H](O)[C@H](O)CO)O5)C4O)C3NC(C)=O)C2O)[C@H](O)C1O)NC(=O)CCCCCCCCCCCCCCCCC. The molecule has 34 nitrogen and oxygen atoms in total. The maximum atomic E-state index is 13.5. The van der Waals surface area contributed by atoms with Gasteiger partial charge in [-0.25, -0.2) is 4.79 Å². The van der Waals surface area contributed by atoms with Gasteiger partial charge in [-0.05, 0) is 19.3 Å². The molecule has 0 aromatic carbocycles. The third kappa shape index (κ3) is 29.2. The number of hydrogen-bond acceptors (Lipinski definition) is 30. The van der Waals surface area contributed by atoms with Gasteiger partial charge in [0.05, 0.1) is 63.9 Å². The Labute approximate surface area is 627 Å². The normalized spacial score (nSPS) is 34.6. The number of hydrogen-bond donors (Lipinski definition) is 20. The van der Waals surface area contributed by atoms with Crippen molar-refractivity contribution in [2.24, 2.45) is 0 Å². The number of carboxylic acids is 1. The Morgan fingerprint density at radius 1 is 0.486 bits per heavy atom. The molecule has 0 spiro atoms. The number of ether oxygens (including phenoxy) is 10. The highest BCUT2D eigenvalue weighted by atomic mass is 16.8. The van der Waals surface area contributed by atoms with Gasteiger partial charge in [-0.15, -0.1) is 0 Å². The largest absolute Gasteiger partial charge is 0.477 e. The van der Waals surface area contributed by atoms with Crippen LogP contribution in [-0.2, 0) is 66.5 Å². The first-order valence-corrected chi connectivity index (χ1v) is 39.1. The number of aliphatic hydroxyl groups excluding tert-OH is 16. The zero-order valence-corrected chi connectivity index (χ0v) is 62.8. The highest BCUT2D eigenvalue weighted by Gasteiger charge is 2.61. The van der Waals surface area contributed by atoms with Gasteiger partial charge in [-0.2, -0.15) is 0 Å². The third-order valence-electron chi connectivity index (χ3n) is 20.6. The van der Waals surface area contributed by atoms with E-state index in [2.05, 4.69) is 29.8 Å². The van der Waals surface area contributed by atoms with Crippen LogP contribution in [0.15, 0.2) is 12.2 Å². The zero-order valence-electron chi connectivity index (χ0n) is 62.8. The van der Waals surface area contributed by atoms with Gasteiger partial charge in [0, 0.05) is 26.7 Å². The summed E-state index contributed by atoms with van der Waals surface area (Å²) in [5, 5.41) is 197. The lowest BCUT2D eigenvalue weighted by Crippen LogP contribution is -2.71. The molecule has 34 heteroatoms. The zero-order chi connectivity index (χ0) is 78.8. The van der Waals surface area contributed by atoms with Crippen molar-refractivity contribution >= 4 is 23.7 Å². The van der Waals surface area contributed by atoms with Gasteiger partial charge in [0.15, 0.2) is 25.2 Å². The molecule has 0 bridgehead atoms. The lowest BCUT2D eigenvalue weighted by molar-refractivity contribution is -0.389. The smallest absolute Gasteiger partial charge is 0.364 e. The number of nitrogens with one attached hydrogen (secondary N) is 3. The monoisotopic (exact) mass is 1550 g/mol. The molecule has 5 aliphatic heterocycles. The number of unbranched alkanes of at least 4 members (excludes halogenated alkanes) is 25. The Bertz CT molecular complexity index is 2500. The average molecular weight is 1550 g/mol. The first-order valence-electron chi connectivity index (χ1n) is 39.1. The fourth-order valence-corrected chi connectivity index (χ4v) is 14.3. The van der Waals surface area contributed by atoms with Crippen molar-refractivity contribution in [1.82, 2.24) is 16.0 Å². The molecule has 3 amide bonds. The number of aliphatic hydroxyl groups is 16. The standard InChI is InChI=1S/C73H131N3O31/c1-5-7-9-11-13-15-17-19-20-22-24-26-28-30-32-34-52(87)76-44(45(84)33-31-29-27-25-23-21-18-16-14-12-10-8-6-2)41-98-69-60(93)59(92)63(51(40-81)102-69)103-70-61(94)66(57(90)49(38-79)100-70)105-68-54(75-43(4)83)64(56(89)48(37-78)99-68)104-71-62(95)67(58(91)50(39-80)101-71)107-73(72(96)97)35-46(85)53(74-42(3)82)65(106-73)55(88)47(86)36-77/h31,33,44-51,53-71,77-81,84-86,88-95H,5-30,32,34-41H2,1-4H3,(H,74,82)(H,75,83)(H,76,87)(H,96,97)/b33-31+/t44-,45+,46?,47+,48?,49?,50?,51?,53+,54?,55+,56+,57-,58-,59+,60?,61?,62?,63+,64+,65?,66-,67-,68-,69+,70-,71-,73-/m0/s1. The molecule has 5 saturated heterocycles. The number of carbonyl (C=O) groups excluding carboxylic acids is 3. The minimum absolute atomic E-state index is 0.168. The van der Waals surface area contributed by atoms with Gasteiger partial charge in [0.1, 0.15) is 116 Å². The van der Waals surface area contributed by atoms with Crippen molar-refractivity contribution in [2.45, 2.75) is 385 Å². The lowest BCUT2D eigenvalue weighted by atomic mass is 9.88. The molecule has 0 aromatic rings. The second-order valence-electron chi connectivity index (χ2n) is 29.3. The van der Waals surface area contributed by atoms with E-state index in [9.17, 15) is 106 Å². The molecule has 28 atom stereocenters. The highest BCUT2D eigenvalue weighted by molar-refractivity contribution is 5.77. The van der Waals surface area contributed by atoms with Crippen LogP contribution in [0.3, 0.4) is 0 Å². The second-order valence-corrected chi connectivity index (χ2v) is 29.3. The van der Waals surface area contributed by atoms with Crippen molar-refractivity contribution in [3.05, 3.63) is 12.2 Å². The number of aliphatic carboxylic acids is 1. The van der Waals surface area contributed by atoms with E-state index in [1.54, 1.807) is 6.08 Å². The van der Waals surface area contributed by atoms with Crippen LogP contribution in [0, 0.1) is 0 Å². The van der Waals surface area contributed by atoms with Gasteiger partial charge in [-0.1, -0.05) is 180 Å². The molecule has 0 radical (unpaired) electrons. The van der Waals surface area contributed by atoms with Crippen LogP contribution in [-0.4, -0.2) is 321 Å². The second kappa shape index (κ2) is 49.9. The molecule has 10 unspecified atom stereocenters. The summed E-state index contributed by atoms with van der Waals surface area (Å²) in [6.07, 6.45) is -15.2. The summed E-state index contributed by atoms with van der Waals surface area (Å²) in [5.74, 6) is -7.39. The Balaban J connectivity index is 1.28. The van der Waals surface area contributed by atoms with Crippen LogP contribution in [0.4, 0.5) is 0 Å². The van der Waals surface area contributed by atoms with Crippen LogP contribution < -0.4 is 16.0 Å². The summed E-state index contributed by atoms with van der Waals surface area (Å²) in [5.41, 5.74) is 0. The van der Waals surface area contributed by atoms with Crippen molar-refractivity contribution < 1.29 is 153 Å². The summed E-state index contributed by atoms with van der Waals surface area (Å²) in [6, 6.07) is -4.65. The number of carboxylic acid groups (broad SMARTS) is 1. The summed E-state index contributed by atoms with van der Waals surface area (Å²) >= 11 is 0. The molecular weight excluding hydrogens is 1410 g/mol. The Morgan fingerprint density at radius 2 is 0.907 bits per heavy atom. The topological polar surface area (TPSA) is 541 Å². The van der Waals surface area contributed by atoms with E-state index in [1.165, 1.54) is 109 Å². The predicted molar refractivity (Wildman–Crippen MR) is 378 cm³/mol. The van der Waals surface area contributed by atoms with Crippen LogP contribution in [0.25, 0.3) is 0 Å². The van der Waals surface area contributed by atoms with E-state index < -0.39 is 235 Å². The third-order valence-corrected chi connectivity index (χ3v) is 20.6. The van der Waals surface area contributed by atoms with Crippen LogP contribution in [0.2, 0.25) is 0 Å². The van der Waals surface area contributed by atoms with Gasteiger partial charge < -0.3 is 150 Å². The molecule has 0 saturated carbocycles. The van der Waals surface area contributed by atoms with E-state index in [1.807, 2.05) is 6.08 Å². The quantitative estimate of drug-likeness (QED) is 0.0255. The molecule has 5 aliphatic rings. The number of carbonyl (C=O) groups is 4. The molecule has 20 N–H and O–H groups in total. The summed E-state index contributed by atoms with van der Waals surface area (Å²) in [6.45, 7) is 0.587. The van der Waals surface area contributed by atoms with E-state index in [0.717, 1.165) is 65.2 Å². The van der Waals surface area contributed by atoms with Crippen molar-refractivity contribution in [3.63, 3.8) is 0 Å². The van der Waals surface area contributed by atoms with Crippen LogP contribution in [0.1, 0.15) is 214 Å². The summed E-state index contributed by atoms with van der Waals surface area (Å²) in [7, 11) is 0. The maximum Gasteiger partial charge on any atom is 0.364 e. The van der Waals surface area contributed by atoms with E-state index in [0.29, 0.717) is 12.8 Å².